The van der Waals surface area contributed by atoms with E-state index in [0.29, 0.717) is 12.0 Å². The quantitative estimate of drug-likeness (QED) is 0.439. The van der Waals surface area contributed by atoms with E-state index in [1.807, 2.05) is 37.3 Å². The van der Waals surface area contributed by atoms with Crippen LogP contribution in [0.25, 0.3) is 10.8 Å². The van der Waals surface area contributed by atoms with Crippen LogP contribution in [-0.4, -0.2) is 115 Å². The van der Waals surface area contributed by atoms with E-state index in [9.17, 15) is 9.59 Å². The first-order chi connectivity index (χ1) is 10.7. The van der Waals surface area contributed by atoms with Crippen LogP contribution in [0.1, 0.15) is 49.9 Å². The average Bonchev–Trinajstić information content (AvgIpc) is 2.55. The third-order valence-electron chi connectivity index (χ3n) is 3.94. The van der Waals surface area contributed by atoms with Crippen molar-refractivity contribution in [3.05, 3.63) is 48.0 Å². The van der Waals surface area contributed by atoms with Gasteiger partial charge in [0, 0.05) is 0 Å². The van der Waals surface area contributed by atoms with E-state index in [0.717, 1.165) is 30.0 Å². The number of esters is 2. The zero-order valence-corrected chi connectivity index (χ0v) is 13.2. The van der Waals surface area contributed by atoms with Gasteiger partial charge >= 0.3 is 115 Å². The van der Waals surface area contributed by atoms with Crippen molar-refractivity contribution in [2.24, 2.45) is 5.92 Å². The number of carbonyl (C=O) groups excluding carboxylic acids is 2. The van der Waals surface area contributed by atoms with E-state index >= 15 is 0 Å². The Morgan fingerprint density at radius 2 is 1.67 bits per heavy atom. The first-order valence-electron chi connectivity index (χ1n) is 7.91. The molecule has 0 radical (unpaired) electrons. The molecule has 0 aliphatic carbocycles. The molecule has 5 heteroatoms. The monoisotopic (exact) mass is 378 g/mol. The van der Waals surface area contributed by atoms with Crippen LogP contribution < -0.4 is 0 Å². The molecular weight excluding hydrogens is 354 g/mol. The number of ether oxygens (including phenoxy) is 1. The van der Waals surface area contributed by atoms with Gasteiger partial charge in [-0.2, -0.15) is 0 Å². The van der Waals surface area contributed by atoms with E-state index in [1.54, 1.807) is 12.1 Å². The second-order valence-corrected chi connectivity index (χ2v) is 5.48. The van der Waals surface area contributed by atoms with Crippen LogP contribution in [-0.2, 0) is 9.53 Å². The van der Waals surface area contributed by atoms with Gasteiger partial charge in [-0.05, 0) is 29.7 Å². The van der Waals surface area contributed by atoms with Crippen molar-refractivity contribution < 1.29 is 14.3 Å². The summed E-state index contributed by atoms with van der Waals surface area (Å²) in [5, 5.41) is 1.77. The van der Waals surface area contributed by atoms with Gasteiger partial charge in [0.2, 0.25) is 0 Å². The average molecular weight is 379 g/mol. The third kappa shape index (κ3) is 7.02. The second kappa shape index (κ2) is 13.3. The van der Waals surface area contributed by atoms with Gasteiger partial charge in [-0.1, -0.05) is 63.1 Å². The molecule has 0 amide bonds. The minimum absolute atomic E-state index is 0. The van der Waals surface area contributed by atoms with Gasteiger partial charge in [-0.15, -0.1) is 0 Å². The Bertz CT molecular complexity index is 665. The van der Waals surface area contributed by atoms with E-state index in [1.165, 1.54) is 0 Å². The second-order valence-electron chi connectivity index (χ2n) is 5.48. The Hall–Kier alpha value is 1.11. The normalized spacial score (nSPS) is 11.1. The third-order valence-corrected chi connectivity index (χ3v) is 3.94. The summed E-state index contributed by atoms with van der Waals surface area (Å²) in [6.07, 6.45) is 3.47. The standard InChI is InChI=1S/C19H22O3.2K.2H/c1-3-5-9-14(4-2)18(20)22-19(21)17-13-8-11-15-10-6-7-12-16(15)17;;;;/h6-8,10-14H,3-5,9H2,1-2H3;;;;. The van der Waals surface area contributed by atoms with E-state index < -0.39 is 11.9 Å². The van der Waals surface area contributed by atoms with Crippen molar-refractivity contribution >= 4 is 125 Å². The molecule has 0 bridgehead atoms. The molecule has 0 N–H and O–H groups in total. The van der Waals surface area contributed by atoms with Gasteiger partial charge in [0.15, 0.2) is 0 Å². The Balaban J connectivity index is 0.00000264. The van der Waals surface area contributed by atoms with Crippen molar-refractivity contribution in [2.75, 3.05) is 0 Å². The molecule has 2 aromatic carbocycles. The molecule has 24 heavy (non-hydrogen) atoms. The summed E-state index contributed by atoms with van der Waals surface area (Å²) in [5.41, 5.74) is 0.441. The molecule has 0 fully saturated rings. The number of unbranched alkanes of at least 4 members (excludes halogenated alkanes) is 1. The number of hydrogen-bond acceptors (Lipinski definition) is 3. The maximum absolute atomic E-state index is 12.3. The summed E-state index contributed by atoms with van der Waals surface area (Å²) < 4.78 is 5.12. The number of benzene rings is 2. The van der Waals surface area contributed by atoms with E-state index in [2.05, 4.69) is 6.92 Å². The molecule has 2 rings (SSSR count). The molecule has 2 aromatic rings. The summed E-state index contributed by atoms with van der Waals surface area (Å²) in [7, 11) is 0. The van der Waals surface area contributed by atoms with Crippen LogP contribution in [0.5, 0.6) is 0 Å². The molecule has 120 valence electrons. The summed E-state index contributed by atoms with van der Waals surface area (Å²) in [6.45, 7) is 4.03. The van der Waals surface area contributed by atoms with Crippen LogP contribution in [0.3, 0.4) is 0 Å². The molecule has 0 aliphatic heterocycles. The molecule has 0 heterocycles. The van der Waals surface area contributed by atoms with Gasteiger partial charge in [0.1, 0.15) is 0 Å². The molecule has 0 saturated heterocycles. The van der Waals surface area contributed by atoms with Crippen LogP contribution in [0.4, 0.5) is 0 Å². The maximum atomic E-state index is 12.3. The SMILES string of the molecule is CCCCC(CC)C(=O)OC(=O)c1cccc2ccccc12.[KH].[KH]. The Morgan fingerprint density at radius 3 is 2.33 bits per heavy atom. The molecule has 1 unspecified atom stereocenters. The fourth-order valence-corrected chi connectivity index (χ4v) is 2.57. The van der Waals surface area contributed by atoms with Crippen LogP contribution in [0, 0.1) is 5.92 Å². The van der Waals surface area contributed by atoms with Crippen LogP contribution in [0.15, 0.2) is 42.5 Å². The van der Waals surface area contributed by atoms with Gasteiger partial charge < -0.3 is 4.74 Å². The Labute approximate surface area is 229 Å². The molecule has 0 aliphatic rings. The van der Waals surface area contributed by atoms with Crippen molar-refractivity contribution in [1.29, 1.82) is 0 Å². The van der Waals surface area contributed by atoms with Crippen LogP contribution in [0.2, 0.25) is 0 Å². The van der Waals surface area contributed by atoms with Crippen molar-refractivity contribution in [3.8, 4) is 0 Å². The molecule has 0 saturated carbocycles. The summed E-state index contributed by atoms with van der Waals surface area (Å²) in [6, 6.07) is 13.0. The number of rotatable bonds is 6. The summed E-state index contributed by atoms with van der Waals surface area (Å²) >= 11 is 0. The number of carbonyl (C=O) groups is 2. The van der Waals surface area contributed by atoms with Crippen molar-refractivity contribution in [1.82, 2.24) is 0 Å². The fourth-order valence-electron chi connectivity index (χ4n) is 2.57. The Morgan fingerprint density at radius 1 is 1.00 bits per heavy atom. The molecule has 1 atom stereocenters. The number of fused-ring (bicyclic) bond motifs is 1. The Kier molecular flexibility index (Phi) is 13.9. The zero-order chi connectivity index (χ0) is 15.9. The number of hydrogen-bond donors (Lipinski definition) is 0. The first-order valence-corrected chi connectivity index (χ1v) is 7.91. The first kappa shape index (κ1) is 25.1. The molecule has 0 aromatic heterocycles. The van der Waals surface area contributed by atoms with Gasteiger partial charge in [0.25, 0.3) is 0 Å². The summed E-state index contributed by atoms with van der Waals surface area (Å²) in [5.74, 6) is -1.16. The predicted octanol–water partition coefficient (Wildman–Crippen LogP) is 3.44. The van der Waals surface area contributed by atoms with Crippen molar-refractivity contribution in [2.45, 2.75) is 39.5 Å². The molecule has 3 nitrogen and oxygen atoms in total. The van der Waals surface area contributed by atoms with E-state index in [4.69, 9.17) is 4.74 Å². The summed E-state index contributed by atoms with van der Waals surface area (Å²) in [4.78, 5) is 24.5. The van der Waals surface area contributed by atoms with Gasteiger partial charge in [0.05, 0.1) is 11.5 Å². The van der Waals surface area contributed by atoms with Gasteiger partial charge in [-0.3, -0.25) is 4.79 Å². The molecule has 0 spiro atoms. The topological polar surface area (TPSA) is 43.4 Å². The van der Waals surface area contributed by atoms with E-state index in [-0.39, 0.29) is 109 Å². The van der Waals surface area contributed by atoms with Crippen molar-refractivity contribution in [3.63, 3.8) is 0 Å². The van der Waals surface area contributed by atoms with Crippen LogP contribution >= 0.6 is 0 Å². The molecular formula is C19H24K2O3. The minimum atomic E-state index is -0.559. The zero-order valence-electron chi connectivity index (χ0n) is 13.2. The van der Waals surface area contributed by atoms with Gasteiger partial charge in [-0.25, -0.2) is 4.79 Å². The fraction of sp³-hybridized carbons (Fsp3) is 0.368. The predicted molar refractivity (Wildman–Crippen MR) is 102 cm³/mol.